The van der Waals surface area contributed by atoms with E-state index in [1.165, 1.54) is 6.07 Å². The van der Waals surface area contributed by atoms with Gasteiger partial charge >= 0.3 is 0 Å². The smallest absolute Gasteiger partial charge is 0.243 e. The highest BCUT2D eigenvalue weighted by Crippen LogP contribution is 2.18. The first-order valence-corrected chi connectivity index (χ1v) is 11.7. The molecule has 0 aliphatic rings. The SMILES string of the molecule is Cc1nccn1-c1ccc(CNC(=O)C(NC(=O)Cc2ccc3ccccc3c2)C(C)C)cc1F. The van der Waals surface area contributed by atoms with Gasteiger partial charge in [-0.1, -0.05) is 62.4 Å². The van der Waals surface area contributed by atoms with Crippen LogP contribution in [0.2, 0.25) is 0 Å². The lowest BCUT2D eigenvalue weighted by molar-refractivity contribution is -0.129. The maximum absolute atomic E-state index is 14.7. The summed E-state index contributed by atoms with van der Waals surface area (Å²) in [6, 6.07) is 18.0. The lowest BCUT2D eigenvalue weighted by Gasteiger charge is -2.22. The van der Waals surface area contributed by atoms with Crippen molar-refractivity contribution in [3.8, 4) is 5.69 Å². The molecule has 1 aromatic heterocycles. The van der Waals surface area contributed by atoms with Gasteiger partial charge in [0, 0.05) is 18.9 Å². The first-order chi connectivity index (χ1) is 16.8. The number of rotatable bonds is 8. The van der Waals surface area contributed by atoms with E-state index in [1.54, 1.807) is 36.0 Å². The van der Waals surface area contributed by atoms with E-state index in [1.807, 2.05) is 56.3 Å². The molecular weight excluding hydrogens is 443 g/mol. The zero-order valence-electron chi connectivity index (χ0n) is 20.1. The van der Waals surface area contributed by atoms with Crippen LogP contribution in [0.5, 0.6) is 0 Å². The average molecular weight is 473 g/mol. The van der Waals surface area contributed by atoms with Crippen LogP contribution in [-0.4, -0.2) is 27.4 Å². The van der Waals surface area contributed by atoms with Crippen LogP contribution in [0, 0.1) is 18.7 Å². The summed E-state index contributed by atoms with van der Waals surface area (Å²) in [5.74, 6) is -0.355. The van der Waals surface area contributed by atoms with Gasteiger partial charge in [-0.05, 0) is 46.9 Å². The molecule has 0 bridgehead atoms. The van der Waals surface area contributed by atoms with Gasteiger partial charge < -0.3 is 15.2 Å². The second-order valence-corrected chi connectivity index (χ2v) is 9.00. The van der Waals surface area contributed by atoms with Crippen LogP contribution in [-0.2, 0) is 22.6 Å². The molecule has 7 heteroatoms. The van der Waals surface area contributed by atoms with Crippen LogP contribution in [0.15, 0.2) is 73.1 Å². The summed E-state index contributed by atoms with van der Waals surface area (Å²) >= 11 is 0. The third kappa shape index (κ3) is 5.74. The molecule has 1 atom stereocenters. The number of amides is 2. The predicted molar refractivity (Wildman–Crippen MR) is 135 cm³/mol. The molecule has 1 heterocycles. The minimum absolute atomic E-state index is 0.112. The van der Waals surface area contributed by atoms with Gasteiger partial charge in [0.05, 0.1) is 12.1 Å². The number of fused-ring (bicyclic) bond motifs is 1. The van der Waals surface area contributed by atoms with Gasteiger partial charge in [-0.2, -0.15) is 0 Å². The highest BCUT2D eigenvalue weighted by molar-refractivity contribution is 5.89. The van der Waals surface area contributed by atoms with Crippen LogP contribution in [0.1, 0.15) is 30.8 Å². The molecule has 180 valence electrons. The molecule has 2 N–H and O–H groups in total. The third-order valence-electron chi connectivity index (χ3n) is 6.01. The summed E-state index contributed by atoms with van der Waals surface area (Å²) in [5.41, 5.74) is 1.91. The van der Waals surface area contributed by atoms with Gasteiger partial charge in [0.25, 0.3) is 0 Å². The topological polar surface area (TPSA) is 76.0 Å². The predicted octanol–water partition coefficient (Wildman–Crippen LogP) is 4.47. The average Bonchev–Trinajstić information content (AvgIpc) is 3.26. The highest BCUT2D eigenvalue weighted by Gasteiger charge is 2.24. The molecule has 0 spiro atoms. The maximum atomic E-state index is 14.7. The Morgan fingerprint density at radius 3 is 2.43 bits per heavy atom. The fourth-order valence-electron chi connectivity index (χ4n) is 4.08. The zero-order valence-corrected chi connectivity index (χ0v) is 20.1. The fraction of sp³-hybridized carbons (Fsp3) is 0.250. The van der Waals surface area contributed by atoms with Crippen LogP contribution >= 0.6 is 0 Å². The lowest BCUT2D eigenvalue weighted by atomic mass is 10.0. The summed E-state index contributed by atoms with van der Waals surface area (Å²) in [7, 11) is 0. The molecule has 0 saturated carbocycles. The number of nitrogens with one attached hydrogen (secondary N) is 2. The summed E-state index contributed by atoms with van der Waals surface area (Å²) in [6.07, 6.45) is 3.49. The Morgan fingerprint density at radius 1 is 1.00 bits per heavy atom. The molecule has 0 saturated heterocycles. The van der Waals surface area contributed by atoms with Gasteiger partial charge in [-0.25, -0.2) is 9.37 Å². The minimum atomic E-state index is -0.694. The number of imidazole rings is 1. The van der Waals surface area contributed by atoms with Crippen molar-refractivity contribution in [1.82, 2.24) is 20.2 Å². The summed E-state index contributed by atoms with van der Waals surface area (Å²) < 4.78 is 16.3. The van der Waals surface area contributed by atoms with Gasteiger partial charge in [0.1, 0.15) is 17.7 Å². The standard InChI is InChI=1S/C28H29FN4O2/c1-18(2)27(32-26(34)16-20-8-10-22-6-4-5-7-23(22)14-20)28(35)31-17-21-9-11-25(24(29)15-21)33-13-12-30-19(33)3/h4-15,18,27H,16-17H2,1-3H3,(H,31,35)(H,32,34). The summed E-state index contributed by atoms with van der Waals surface area (Å²) in [6.45, 7) is 5.71. The molecule has 0 aliphatic carbocycles. The summed E-state index contributed by atoms with van der Waals surface area (Å²) in [5, 5.41) is 7.86. The van der Waals surface area contributed by atoms with E-state index in [9.17, 15) is 14.0 Å². The molecule has 35 heavy (non-hydrogen) atoms. The maximum Gasteiger partial charge on any atom is 0.243 e. The number of nitrogens with zero attached hydrogens (tertiary/aromatic N) is 2. The number of benzene rings is 3. The summed E-state index contributed by atoms with van der Waals surface area (Å²) in [4.78, 5) is 29.7. The fourth-order valence-corrected chi connectivity index (χ4v) is 4.08. The van der Waals surface area contributed by atoms with Crippen LogP contribution in [0.4, 0.5) is 4.39 Å². The Bertz CT molecular complexity index is 1360. The van der Waals surface area contributed by atoms with Crippen molar-refractivity contribution in [2.24, 2.45) is 5.92 Å². The first-order valence-electron chi connectivity index (χ1n) is 11.7. The molecule has 4 aromatic rings. The Balaban J connectivity index is 1.37. The molecule has 2 amide bonds. The zero-order chi connectivity index (χ0) is 24.9. The largest absolute Gasteiger partial charge is 0.350 e. The molecule has 1 unspecified atom stereocenters. The monoisotopic (exact) mass is 472 g/mol. The van der Waals surface area contributed by atoms with Gasteiger partial charge in [-0.3, -0.25) is 9.59 Å². The molecular formula is C28H29FN4O2. The highest BCUT2D eigenvalue weighted by atomic mass is 19.1. The van der Waals surface area contributed by atoms with Gasteiger partial charge in [0.15, 0.2) is 0 Å². The van der Waals surface area contributed by atoms with Crippen LogP contribution < -0.4 is 10.6 Å². The van der Waals surface area contributed by atoms with Crippen molar-refractivity contribution in [1.29, 1.82) is 0 Å². The van der Waals surface area contributed by atoms with E-state index in [0.29, 0.717) is 17.1 Å². The number of halogens is 1. The van der Waals surface area contributed by atoms with E-state index < -0.39 is 11.9 Å². The van der Waals surface area contributed by atoms with Crippen molar-refractivity contribution in [3.05, 3.63) is 95.8 Å². The molecule has 0 radical (unpaired) electrons. The number of aryl methyl sites for hydroxylation is 1. The number of aromatic nitrogens is 2. The van der Waals surface area contributed by atoms with Crippen molar-refractivity contribution < 1.29 is 14.0 Å². The number of carbonyl (C=O) groups excluding carboxylic acids is 2. The van der Waals surface area contributed by atoms with E-state index in [-0.39, 0.29) is 30.7 Å². The second-order valence-electron chi connectivity index (χ2n) is 9.00. The van der Waals surface area contributed by atoms with Crippen molar-refractivity contribution in [2.45, 2.75) is 39.8 Å². The second kappa shape index (κ2) is 10.5. The van der Waals surface area contributed by atoms with E-state index in [4.69, 9.17) is 0 Å². The first kappa shape index (κ1) is 24.1. The Kier molecular flexibility index (Phi) is 7.25. The van der Waals surface area contributed by atoms with Gasteiger partial charge in [0.2, 0.25) is 11.8 Å². The number of hydrogen-bond donors (Lipinski definition) is 2. The van der Waals surface area contributed by atoms with Crippen LogP contribution in [0.3, 0.4) is 0 Å². The molecule has 0 fully saturated rings. The van der Waals surface area contributed by atoms with Gasteiger partial charge in [-0.15, -0.1) is 0 Å². The van der Waals surface area contributed by atoms with E-state index >= 15 is 0 Å². The van der Waals surface area contributed by atoms with Crippen molar-refractivity contribution in [2.75, 3.05) is 0 Å². The molecule has 3 aromatic carbocycles. The minimum Gasteiger partial charge on any atom is -0.350 e. The third-order valence-corrected chi connectivity index (χ3v) is 6.01. The Hall–Kier alpha value is -4.00. The lowest BCUT2D eigenvalue weighted by Crippen LogP contribution is -2.49. The normalized spacial score (nSPS) is 12.0. The molecule has 0 aliphatic heterocycles. The number of hydrogen-bond acceptors (Lipinski definition) is 3. The molecule has 6 nitrogen and oxygen atoms in total. The Labute approximate surface area is 204 Å². The molecule has 4 rings (SSSR count). The van der Waals surface area contributed by atoms with Crippen LogP contribution in [0.25, 0.3) is 16.5 Å². The number of carbonyl (C=O) groups is 2. The van der Waals surface area contributed by atoms with Crippen molar-refractivity contribution >= 4 is 22.6 Å². The Morgan fingerprint density at radius 2 is 1.74 bits per heavy atom. The van der Waals surface area contributed by atoms with E-state index in [2.05, 4.69) is 15.6 Å². The quantitative estimate of drug-likeness (QED) is 0.397. The van der Waals surface area contributed by atoms with E-state index in [0.717, 1.165) is 16.3 Å². The van der Waals surface area contributed by atoms with Crippen molar-refractivity contribution in [3.63, 3.8) is 0 Å².